The van der Waals surface area contributed by atoms with Crippen LogP contribution in [-0.4, -0.2) is 44.2 Å². The van der Waals surface area contributed by atoms with Crippen LogP contribution in [0.25, 0.3) is 0 Å². The molecule has 2 aromatic rings. The first-order valence-electron chi connectivity index (χ1n) is 10.0. The van der Waals surface area contributed by atoms with Crippen molar-refractivity contribution in [2.24, 2.45) is 0 Å². The highest BCUT2D eigenvalue weighted by atomic mass is 35.5. The number of benzene rings is 2. The molecule has 2 amide bonds. The fourth-order valence-electron chi connectivity index (χ4n) is 3.98. The predicted octanol–water partition coefficient (Wildman–Crippen LogP) is 5.92. The van der Waals surface area contributed by atoms with Crippen molar-refractivity contribution < 1.29 is 35.5 Å². The first-order valence-corrected chi connectivity index (χ1v) is 10.0. The molecule has 12 heteroatoms. The number of halogens is 8. The summed E-state index contributed by atoms with van der Waals surface area (Å²) in [6.45, 7) is 1.03. The number of carbonyl (C=O) groups is 1. The molecular weight excluding hydrogens is 491 g/mol. The molecule has 0 aliphatic carbocycles. The molecule has 4 nitrogen and oxygen atoms in total. The maximum absolute atomic E-state index is 13.3. The Morgan fingerprint density at radius 1 is 0.941 bits per heavy atom. The van der Waals surface area contributed by atoms with Gasteiger partial charge in [-0.05, 0) is 48.9 Å². The Kier molecular flexibility index (Phi) is 8.47. The van der Waals surface area contributed by atoms with Crippen LogP contribution in [0.4, 0.5) is 41.2 Å². The summed E-state index contributed by atoms with van der Waals surface area (Å²) in [7, 11) is 2.58. The van der Waals surface area contributed by atoms with Gasteiger partial charge in [-0.1, -0.05) is 12.1 Å². The fraction of sp³-hybridized carbons (Fsp3) is 0.409. The van der Waals surface area contributed by atoms with E-state index in [2.05, 4.69) is 5.32 Å². The van der Waals surface area contributed by atoms with Crippen LogP contribution >= 0.6 is 12.4 Å². The number of hydrogen-bond donors (Lipinski definition) is 1. The van der Waals surface area contributed by atoms with Crippen molar-refractivity contribution in [2.45, 2.75) is 30.7 Å². The zero-order valence-corrected chi connectivity index (χ0v) is 19.0. The number of likely N-dealkylation sites (N-methyl/N-ethyl adjacent to an activating group) is 1. The quantitative estimate of drug-likeness (QED) is 0.517. The van der Waals surface area contributed by atoms with E-state index in [9.17, 15) is 35.5 Å². The van der Waals surface area contributed by atoms with Gasteiger partial charge < -0.3 is 10.2 Å². The van der Waals surface area contributed by atoms with Crippen LogP contribution in [0.15, 0.2) is 42.5 Å². The van der Waals surface area contributed by atoms with E-state index in [1.807, 2.05) is 0 Å². The van der Waals surface area contributed by atoms with Crippen LogP contribution in [-0.2, 0) is 12.4 Å². The molecule has 1 N–H and O–H groups in total. The molecule has 188 valence electrons. The first kappa shape index (κ1) is 27.7. The Balaban J connectivity index is 0.00000408. The summed E-state index contributed by atoms with van der Waals surface area (Å²) in [5, 5.41) is 3.19. The smallest absolute Gasteiger partial charge is 0.324 e. The molecular formula is C22H23ClF7N3O. The van der Waals surface area contributed by atoms with Gasteiger partial charge in [0.2, 0.25) is 0 Å². The summed E-state index contributed by atoms with van der Waals surface area (Å²) in [4.78, 5) is 15.2. The number of carbonyl (C=O) groups excluding carboxylic acids is 1. The van der Waals surface area contributed by atoms with Crippen molar-refractivity contribution in [3.05, 3.63) is 65.0 Å². The van der Waals surface area contributed by atoms with E-state index in [-0.39, 0.29) is 24.4 Å². The van der Waals surface area contributed by atoms with Gasteiger partial charge in [0.25, 0.3) is 0 Å². The molecule has 3 rings (SSSR count). The number of anilines is 1. The highest BCUT2D eigenvalue weighted by Gasteiger charge is 2.38. The fourth-order valence-corrected chi connectivity index (χ4v) is 3.98. The largest absolute Gasteiger partial charge is 0.416 e. The lowest BCUT2D eigenvalue weighted by Gasteiger charge is -2.40. The topological polar surface area (TPSA) is 35.6 Å². The molecule has 0 saturated carbocycles. The van der Waals surface area contributed by atoms with Crippen LogP contribution in [0.1, 0.15) is 29.0 Å². The van der Waals surface area contributed by atoms with Crippen LogP contribution in [0.5, 0.6) is 0 Å². The van der Waals surface area contributed by atoms with Crippen molar-refractivity contribution in [3.63, 3.8) is 0 Å². The number of alkyl halides is 6. The van der Waals surface area contributed by atoms with Gasteiger partial charge in [-0.2, -0.15) is 26.3 Å². The highest BCUT2D eigenvalue weighted by Crippen LogP contribution is 2.38. The minimum Gasteiger partial charge on any atom is -0.324 e. The standard InChI is InChI=1S/C22H22F7N3O.ClH/c1-31(17-10-14(21(24,25)26)9-15(11-17)22(27,28)29)20(33)32(2)19-7-8-30-12-18(19)13-3-5-16(23)6-4-13;/h3-6,9-11,18-19,30H,7-8,12H2,1-2H3;1H/t18-,19+;/m0./s1. The maximum atomic E-state index is 13.3. The molecule has 0 unspecified atom stereocenters. The number of hydrogen-bond acceptors (Lipinski definition) is 2. The van der Waals surface area contributed by atoms with Crippen molar-refractivity contribution in [1.29, 1.82) is 0 Å². The summed E-state index contributed by atoms with van der Waals surface area (Å²) in [5.74, 6) is -0.665. The zero-order valence-electron chi connectivity index (χ0n) is 18.2. The lowest BCUT2D eigenvalue weighted by molar-refractivity contribution is -0.143. The summed E-state index contributed by atoms with van der Waals surface area (Å²) in [5.41, 5.74) is -2.77. The number of amides is 2. The number of piperidine rings is 1. The lowest BCUT2D eigenvalue weighted by atomic mass is 9.86. The van der Waals surface area contributed by atoms with Gasteiger partial charge in [0.05, 0.1) is 11.1 Å². The molecule has 2 aromatic carbocycles. The molecule has 1 fully saturated rings. The van der Waals surface area contributed by atoms with Crippen LogP contribution in [0.2, 0.25) is 0 Å². The summed E-state index contributed by atoms with van der Waals surface area (Å²) in [6.07, 6.45) is -9.54. The van der Waals surface area contributed by atoms with Crippen LogP contribution in [0, 0.1) is 5.82 Å². The molecule has 1 saturated heterocycles. The third-order valence-electron chi connectivity index (χ3n) is 5.79. The molecule has 0 spiro atoms. The van der Waals surface area contributed by atoms with Crippen molar-refractivity contribution >= 4 is 24.1 Å². The van der Waals surface area contributed by atoms with Gasteiger partial charge in [-0.25, -0.2) is 9.18 Å². The number of rotatable bonds is 3. The maximum Gasteiger partial charge on any atom is 0.416 e. The van der Waals surface area contributed by atoms with Gasteiger partial charge >= 0.3 is 18.4 Å². The molecule has 0 aromatic heterocycles. The second-order valence-corrected chi connectivity index (χ2v) is 7.93. The Morgan fingerprint density at radius 2 is 1.47 bits per heavy atom. The Labute approximate surface area is 198 Å². The van der Waals surface area contributed by atoms with Gasteiger partial charge in [0.1, 0.15) is 5.82 Å². The predicted molar refractivity (Wildman–Crippen MR) is 116 cm³/mol. The van der Waals surface area contributed by atoms with Gasteiger partial charge in [-0.15, -0.1) is 12.4 Å². The minimum atomic E-state index is -5.02. The number of urea groups is 1. The summed E-state index contributed by atoms with van der Waals surface area (Å²) in [6, 6.07) is 5.63. The molecule has 1 aliphatic rings. The van der Waals surface area contributed by atoms with Crippen molar-refractivity contribution in [2.75, 3.05) is 32.1 Å². The normalized spacial score (nSPS) is 18.7. The molecule has 1 heterocycles. The minimum absolute atomic E-state index is 0. The Hall–Kier alpha value is -2.53. The summed E-state index contributed by atoms with van der Waals surface area (Å²) >= 11 is 0. The first-order chi connectivity index (χ1) is 15.3. The van der Waals surface area contributed by atoms with Gasteiger partial charge in [-0.3, -0.25) is 4.90 Å². The highest BCUT2D eigenvalue weighted by molar-refractivity contribution is 5.91. The summed E-state index contributed by atoms with van der Waals surface area (Å²) < 4.78 is 92.5. The second kappa shape index (κ2) is 10.4. The molecule has 34 heavy (non-hydrogen) atoms. The van der Waals surface area contributed by atoms with Gasteiger partial charge in [0.15, 0.2) is 0 Å². The lowest BCUT2D eigenvalue weighted by Crippen LogP contribution is -2.52. The van der Waals surface area contributed by atoms with Crippen molar-refractivity contribution in [3.8, 4) is 0 Å². The van der Waals surface area contributed by atoms with E-state index in [1.54, 1.807) is 12.1 Å². The Bertz CT molecular complexity index is 963. The SMILES string of the molecule is CN(C(=O)N(C)[C@@H]1CCNC[C@H]1c1ccc(F)cc1)c1cc(C(F)(F)F)cc(C(F)(F)F)c1.Cl. The van der Waals surface area contributed by atoms with E-state index in [0.29, 0.717) is 31.6 Å². The average Bonchev–Trinajstić information content (AvgIpc) is 2.76. The van der Waals surface area contributed by atoms with Crippen LogP contribution < -0.4 is 10.2 Å². The number of nitrogens with zero attached hydrogens (tertiary/aromatic N) is 2. The third-order valence-corrected chi connectivity index (χ3v) is 5.79. The zero-order chi connectivity index (χ0) is 24.6. The molecule has 0 radical (unpaired) electrons. The molecule has 1 aliphatic heterocycles. The average molecular weight is 514 g/mol. The monoisotopic (exact) mass is 513 g/mol. The van der Waals surface area contributed by atoms with Gasteiger partial charge in [0, 0.05) is 38.3 Å². The number of nitrogens with one attached hydrogen (secondary N) is 1. The molecule has 0 bridgehead atoms. The van der Waals surface area contributed by atoms with Crippen LogP contribution in [0.3, 0.4) is 0 Å². The Morgan fingerprint density at radius 3 is 1.97 bits per heavy atom. The molecule has 2 atom stereocenters. The van der Waals surface area contributed by atoms with E-state index in [4.69, 9.17) is 0 Å². The third kappa shape index (κ3) is 6.12. The van der Waals surface area contributed by atoms with E-state index in [1.165, 1.54) is 24.1 Å². The van der Waals surface area contributed by atoms with E-state index in [0.717, 1.165) is 17.5 Å². The van der Waals surface area contributed by atoms with E-state index >= 15 is 0 Å². The second-order valence-electron chi connectivity index (χ2n) is 7.93. The van der Waals surface area contributed by atoms with E-state index < -0.39 is 47.1 Å². The van der Waals surface area contributed by atoms with Crippen molar-refractivity contribution in [1.82, 2.24) is 10.2 Å².